The number of hydrogen-bond donors (Lipinski definition) is 1. The van der Waals surface area contributed by atoms with E-state index < -0.39 is 17.7 Å². The Bertz CT molecular complexity index is 1370. The number of anilines is 1. The number of carbonyl (C=O) groups is 2. The SMILES string of the molecule is CCc1ccc(C2/C(=C(/O)c3ccc(OCC(C)C)c(C)c3)C(=O)C(=O)N2c2ccc(OC(C)C)cc2)cc1. The number of nitrogens with zero attached hydrogens (tertiary/aromatic N) is 1. The molecule has 0 saturated carbocycles. The summed E-state index contributed by atoms with van der Waals surface area (Å²) in [6, 6.07) is 19.4. The maximum Gasteiger partial charge on any atom is 0.300 e. The number of ether oxygens (including phenoxy) is 2. The predicted molar refractivity (Wildman–Crippen MR) is 154 cm³/mol. The van der Waals surface area contributed by atoms with Gasteiger partial charge in [0.15, 0.2) is 0 Å². The standard InChI is InChI=1S/C33H37NO5/c1-7-23-8-10-24(11-9-23)30-29(31(35)25-12-17-28(22(6)18-25)38-19-20(2)3)32(36)33(37)34(30)26-13-15-27(16-14-26)39-21(4)5/h8-18,20-21,30,35H,7,19H2,1-6H3/b31-29-. The van der Waals surface area contributed by atoms with Crippen LogP contribution in [0, 0.1) is 12.8 Å². The van der Waals surface area contributed by atoms with Crippen LogP contribution in [0.2, 0.25) is 0 Å². The largest absolute Gasteiger partial charge is 0.507 e. The van der Waals surface area contributed by atoms with E-state index in [1.807, 2.05) is 45.0 Å². The third-order valence-electron chi connectivity index (χ3n) is 6.66. The van der Waals surface area contributed by atoms with Crippen LogP contribution < -0.4 is 14.4 Å². The zero-order valence-electron chi connectivity index (χ0n) is 23.5. The lowest BCUT2D eigenvalue weighted by Gasteiger charge is -2.26. The zero-order valence-corrected chi connectivity index (χ0v) is 23.5. The van der Waals surface area contributed by atoms with Crippen molar-refractivity contribution in [3.05, 3.63) is 94.6 Å². The molecule has 6 nitrogen and oxygen atoms in total. The molecule has 39 heavy (non-hydrogen) atoms. The van der Waals surface area contributed by atoms with Gasteiger partial charge in [-0.15, -0.1) is 0 Å². The molecule has 1 fully saturated rings. The molecule has 1 heterocycles. The van der Waals surface area contributed by atoms with Crippen LogP contribution >= 0.6 is 0 Å². The summed E-state index contributed by atoms with van der Waals surface area (Å²) in [5.74, 6) is 0.141. The summed E-state index contributed by atoms with van der Waals surface area (Å²) in [6.45, 7) is 12.6. The number of hydrogen-bond acceptors (Lipinski definition) is 5. The fourth-order valence-electron chi connectivity index (χ4n) is 4.68. The van der Waals surface area contributed by atoms with Gasteiger partial charge in [0.25, 0.3) is 11.7 Å². The number of rotatable bonds is 9. The molecular weight excluding hydrogens is 490 g/mol. The number of carbonyl (C=O) groups excluding carboxylic acids is 2. The van der Waals surface area contributed by atoms with Gasteiger partial charge >= 0.3 is 0 Å². The maximum atomic E-state index is 13.5. The third-order valence-corrected chi connectivity index (χ3v) is 6.66. The molecule has 1 saturated heterocycles. The van der Waals surface area contributed by atoms with Gasteiger partial charge in [0, 0.05) is 11.3 Å². The predicted octanol–water partition coefficient (Wildman–Crippen LogP) is 7.01. The molecule has 0 spiro atoms. The summed E-state index contributed by atoms with van der Waals surface area (Å²) >= 11 is 0. The van der Waals surface area contributed by atoms with Gasteiger partial charge in [-0.1, -0.05) is 45.0 Å². The monoisotopic (exact) mass is 527 g/mol. The molecule has 1 aliphatic rings. The Hall–Kier alpha value is -4.06. The second-order valence-corrected chi connectivity index (χ2v) is 10.6. The molecule has 1 atom stereocenters. The summed E-state index contributed by atoms with van der Waals surface area (Å²) in [7, 11) is 0. The highest BCUT2D eigenvalue weighted by Gasteiger charge is 2.47. The van der Waals surface area contributed by atoms with Crippen molar-refractivity contribution in [1.29, 1.82) is 0 Å². The Kier molecular flexibility index (Phi) is 8.44. The third kappa shape index (κ3) is 6.00. The minimum Gasteiger partial charge on any atom is -0.507 e. The molecule has 1 aliphatic heterocycles. The first-order valence-electron chi connectivity index (χ1n) is 13.5. The second kappa shape index (κ2) is 11.8. The van der Waals surface area contributed by atoms with Gasteiger partial charge in [-0.25, -0.2) is 0 Å². The van der Waals surface area contributed by atoms with Gasteiger partial charge in [-0.2, -0.15) is 0 Å². The first kappa shape index (κ1) is 28.0. The minimum atomic E-state index is -0.787. The topological polar surface area (TPSA) is 76.1 Å². The Labute approximate surface area is 230 Å². The first-order chi connectivity index (χ1) is 18.6. The summed E-state index contributed by atoms with van der Waals surface area (Å²) in [4.78, 5) is 28.4. The zero-order chi connectivity index (χ0) is 28.3. The van der Waals surface area contributed by atoms with Gasteiger partial charge < -0.3 is 14.6 Å². The van der Waals surface area contributed by atoms with E-state index in [2.05, 4.69) is 20.8 Å². The quantitative estimate of drug-likeness (QED) is 0.184. The molecule has 1 unspecified atom stereocenters. The number of aliphatic hydroxyl groups is 1. The van der Waals surface area contributed by atoms with E-state index in [1.165, 1.54) is 4.90 Å². The Morgan fingerprint density at radius 2 is 1.62 bits per heavy atom. The van der Waals surface area contributed by atoms with Crippen molar-refractivity contribution in [3.8, 4) is 11.5 Å². The van der Waals surface area contributed by atoms with Crippen molar-refractivity contribution in [1.82, 2.24) is 0 Å². The molecule has 0 aromatic heterocycles. The number of ketones is 1. The minimum absolute atomic E-state index is 0.00720. The van der Waals surface area contributed by atoms with Crippen molar-refractivity contribution in [2.45, 2.75) is 60.1 Å². The van der Waals surface area contributed by atoms with Crippen molar-refractivity contribution in [3.63, 3.8) is 0 Å². The highest BCUT2D eigenvalue weighted by atomic mass is 16.5. The molecule has 0 aliphatic carbocycles. The van der Waals surface area contributed by atoms with E-state index in [1.54, 1.807) is 42.5 Å². The highest BCUT2D eigenvalue weighted by molar-refractivity contribution is 6.51. The number of benzene rings is 3. The number of amides is 1. The van der Waals surface area contributed by atoms with Crippen LogP contribution in [0.1, 0.15) is 62.9 Å². The van der Waals surface area contributed by atoms with E-state index in [0.29, 0.717) is 29.5 Å². The smallest absolute Gasteiger partial charge is 0.300 e. The number of aliphatic hydroxyl groups excluding tert-OH is 1. The van der Waals surface area contributed by atoms with Crippen molar-refractivity contribution >= 4 is 23.1 Å². The Balaban J connectivity index is 1.81. The lowest BCUT2D eigenvalue weighted by Crippen LogP contribution is -2.29. The maximum absolute atomic E-state index is 13.5. The van der Waals surface area contributed by atoms with Gasteiger partial charge in [0.2, 0.25) is 0 Å². The van der Waals surface area contributed by atoms with E-state index in [9.17, 15) is 14.7 Å². The van der Waals surface area contributed by atoms with Crippen LogP contribution in [-0.4, -0.2) is 29.5 Å². The van der Waals surface area contributed by atoms with Gasteiger partial charge in [0.05, 0.1) is 24.3 Å². The average molecular weight is 528 g/mol. The molecule has 3 aromatic carbocycles. The Morgan fingerprint density at radius 1 is 0.949 bits per heavy atom. The fourth-order valence-corrected chi connectivity index (χ4v) is 4.68. The molecule has 3 aromatic rings. The molecule has 204 valence electrons. The van der Waals surface area contributed by atoms with Gasteiger partial charge in [-0.3, -0.25) is 14.5 Å². The molecule has 1 amide bonds. The van der Waals surface area contributed by atoms with Crippen LogP contribution in [0.5, 0.6) is 11.5 Å². The Morgan fingerprint density at radius 3 is 2.18 bits per heavy atom. The van der Waals surface area contributed by atoms with E-state index in [0.717, 1.165) is 28.9 Å². The molecule has 4 rings (SSSR count). The normalized spacial score (nSPS) is 16.8. The van der Waals surface area contributed by atoms with Crippen LogP contribution in [-0.2, 0) is 16.0 Å². The van der Waals surface area contributed by atoms with Crippen LogP contribution in [0.3, 0.4) is 0 Å². The van der Waals surface area contributed by atoms with Crippen molar-refractivity contribution in [2.75, 3.05) is 11.5 Å². The molecule has 0 bridgehead atoms. The van der Waals surface area contributed by atoms with Crippen LogP contribution in [0.25, 0.3) is 5.76 Å². The highest BCUT2D eigenvalue weighted by Crippen LogP contribution is 2.43. The summed E-state index contributed by atoms with van der Waals surface area (Å²) < 4.78 is 11.6. The second-order valence-electron chi connectivity index (χ2n) is 10.6. The van der Waals surface area contributed by atoms with E-state index >= 15 is 0 Å². The van der Waals surface area contributed by atoms with E-state index in [-0.39, 0.29) is 17.4 Å². The van der Waals surface area contributed by atoms with Crippen LogP contribution in [0.4, 0.5) is 5.69 Å². The number of Topliss-reactive ketones (excluding diaryl/α,β-unsaturated/α-hetero) is 1. The lowest BCUT2D eigenvalue weighted by atomic mass is 9.94. The fraction of sp³-hybridized carbons (Fsp3) is 0.333. The molecule has 6 heteroatoms. The average Bonchev–Trinajstić information content (AvgIpc) is 3.17. The van der Waals surface area contributed by atoms with Gasteiger partial charge in [-0.05, 0) is 92.3 Å². The number of aryl methyl sites for hydroxylation is 2. The summed E-state index contributed by atoms with van der Waals surface area (Å²) in [5.41, 5.74) is 3.77. The van der Waals surface area contributed by atoms with Gasteiger partial charge in [0.1, 0.15) is 17.3 Å². The summed E-state index contributed by atoms with van der Waals surface area (Å²) in [6.07, 6.45) is 0.871. The molecule has 1 N–H and O–H groups in total. The van der Waals surface area contributed by atoms with E-state index in [4.69, 9.17) is 9.47 Å². The molecular formula is C33H37NO5. The summed E-state index contributed by atoms with van der Waals surface area (Å²) in [5, 5.41) is 11.5. The van der Waals surface area contributed by atoms with Crippen LogP contribution in [0.15, 0.2) is 72.3 Å². The lowest BCUT2D eigenvalue weighted by molar-refractivity contribution is -0.132. The van der Waals surface area contributed by atoms with Crippen molar-refractivity contribution in [2.24, 2.45) is 5.92 Å². The van der Waals surface area contributed by atoms with Crippen molar-refractivity contribution < 1.29 is 24.2 Å². The first-order valence-corrected chi connectivity index (χ1v) is 13.5. The molecule has 0 radical (unpaired) electrons.